The molecule has 2 aromatic carbocycles. The molecule has 2 amide bonds. The lowest BCUT2D eigenvalue weighted by Gasteiger charge is -2.35. The molecule has 0 saturated carbocycles. The molecule has 2 heterocycles. The van der Waals surface area contributed by atoms with Crippen molar-refractivity contribution >= 4 is 29.5 Å². The third-order valence-corrected chi connectivity index (χ3v) is 6.40. The van der Waals surface area contributed by atoms with Crippen molar-refractivity contribution in [1.29, 1.82) is 5.41 Å². The molecule has 2 N–H and O–H groups in total. The summed E-state index contributed by atoms with van der Waals surface area (Å²) in [6.45, 7) is 5.20. The molecule has 190 valence electrons. The third kappa shape index (κ3) is 6.46. The van der Waals surface area contributed by atoms with Gasteiger partial charge in [-0.3, -0.25) is 24.8 Å². The van der Waals surface area contributed by atoms with Crippen LogP contribution in [0.25, 0.3) is 0 Å². The summed E-state index contributed by atoms with van der Waals surface area (Å²) in [6, 6.07) is 15.6. The average Bonchev–Trinajstić information content (AvgIpc) is 3.28. The highest BCUT2D eigenvalue weighted by Crippen LogP contribution is 2.23. The molecule has 0 aromatic heterocycles. The first kappa shape index (κ1) is 25.3. The SMILES string of the molecule is COC(=O)CCN1CCN(CC2CN(c3ccc(C(=N)NC(=O)c4ccccc4)cc3)C(=O)O2)CC1. The predicted molar refractivity (Wildman–Crippen MR) is 134 cm³/mol. The lowest BCUT2D eigenvalue weighted by Crippen LogP contribution is -2.49. The summed E-state index contributed by atoms with van der Waals surface area (Å²) < 4.78 is 10.3. The Kier molecular flexibility index (Phi) is 8.29. The zero-order valence-corrected chi connectivity index (χ0v) is 20.3. The quantitative estimate of drug-likeness (QED) is 0.328. The van der Waals surface area contributed by atoms with E-state index >= 15 is 0 Å². The van der Waals surface area contributed by atoms with E-state index in [9.17, 15) is 14.4 Å². The second kappa shape index (κ2) is 11.8. The molecule has 2 fully saturated rings. The van der Waals surface area contributed by atoms with Gasteiger partial charge in [0.2, 0.25) is 0 Å². The van der Waals surface area contributed by atoms with Crippen LogP contribution in [0.15, 0.2) is 54.6 Å². The Bertz CT molecular complexity index is 1080. The molecular formula is C26H31N5O5. The highest BCUT2D eigenvalue weighted by atomic mass is 16.6. The van der Waals surface area contributed by atoms with Gasteiger partial charge < -0.3 is 19.7 Å². The highest BCUT2D eigenvalue weighted by Gasteiger charge is 2.34. The summed E-state index contributed by atoms with van der Waals surface area (Å²) in [5.41, 5.74) is 1.70. The van der Waals surface area contributed by atoms with E-state index in [-0.39, 0.29) is 23.8 Å². The number of cyclic esters (lactones) is 1. The zero-order valence-electron chi connectivity index (χ0n) is 20.3. The molecule has 4 rings (SSSR count). The first-order valence-corrected chi connectivity index (χ1v) is 12.0. The second-order valence-corrected chi connectivity index (χ2v) is 8.83. The maximum atomic E-state index is 12.5. The Morgan fingerprint density at radius 3 is 2.33 bits per heavy atom. The summed E-state index contributed by atoms with van der Waals surface area (Å²) in [5, 5.41) is 10.8. The number of anilines is 1. The van der Waals surface area contributed by atoms with Crippen LogP contribution >= 0.6 is 0 Å². The van der Waals surface area contributed by atoms with Gasteiger partial charge in [-0.05, 0) is 36.4 Å². The van der Waals surface area contributed by atoms with Gasteiger partial charge in [0.25, 0.3) is 5.91 Å². The number of nitrogens with one attached hydrogen (secondary N) is 2. The molecule has 0 bridgehead atoms. The van der Waals surface area contributed by atoms with E-state index in [0.29, 0.717) is 42.9 Å². The predicted octanol–water partition coefficient (Wildman–Crippen LogP) is 1.95. The van der Waals surface area contributed by atoms with Gasteiger partial charge in [0, 0.05) is 56.1 Å². The molecule has 10 heteroatoms. The number of amides is 2. The molecular weight excluding hydrogens is 462 g/mol. The first-order valence-electron chi connectivity index (χ1n) is 12.0. The van der Waals surface area contributed by atoms with E-state index in [1.807, 2.05) is 6.07 Å². The minimum absolute atomic E-state index is 0.0111. The Hall–Kier alpha value is -3.76. The fourth-order valence-electron chi connectivity index (χ4n) is 4.32. The van der Waals surface area contributed by atoms with Gasteiger partial charge in [-0.15, -0.1) is 0 Å². The number of carbonyl (C=O) groups is 3. The average molecular weight is 494 g/mol. The number of hydrogen-bond acceptors (Lipinski definition) is 8. The Labute approximate surface area is 210 Å². The van der Waals surface area contributed by atoms with Crippen molar-refractivity contribution in [2.75, 3.05) is 57.8 Å². The molecule has 2 aliphatic heterocycles. The van der Waals surface area contributed by atoms with Crippen LogP contribution in [-0.2, 0) is 14.3 Å². The number of piperazine rings is 1. The van der Waals surface area contributed by atoms with E-state index in [4.69, 9.17) is 14.9 Å². The van der Waals surface area contributed by atoms with Crippen LogP contribution in [0.1, 0.15) is 22.3 Å². The number of hydrogen-bond donors (Lipinski definition) is 2. The third-order valence-electron chi connectivity index (χ3n) is 6.40. The molecule has 0 radical (unpaired) electrons. The highest BCUT2D eigenvalue weighted by molar-refractivity contribution is 6.11. The van der Waals surface area contributed by atoms with Gasteiger partial charge in [0.15, 0.2) is 0 Å². The van der Waals surface area contributed by atoms with Crippen molar-refractivity contribution in [3.05, 3.63) is 65.7 Å². The van der Waals surface area contributed by atoms with Crippen LogP contribution in [0, 0.1) is 5.41 Å². The first-order chi connectivity index (χ1) is 17.4. The molecule has 0 aliphatic carbocycles. The number of benzene rings is 2. The van der Waals surface area contributed by atoms with Crippen molar-refractivity contribution in [2.24, 2.45) is 0 Å². The maximum absolute atomic E-state index is 12.5. The van der Waals surface area contributed by atoms with Crippen LogP contribution in [0.3, 0.4) is 0 Å². The van der Waals surface area contributed by atoms with Crippen LogP contribution in [0.5, 0.6) is 0 Å². The van der Waals surface area contributed by atoms with Crippen molar-refractivity contribution in [1.82, 2.24) is 15.1 Å². The van der Waals surface area contributed by atoms with E-state index < -0.39 is 6.09 Å². The van der Waals surface area contributed by atoms with E-state index in [2.05, 4.69) is 15.1 Å². The minimum Gasteiger partial charge on any atom is -0.469 e. The van der Waals surface area contributed by atoms with Gasteiger partial charge in [-0.1, -0.05) is 18.2 Å². The number of esters is 1. The lowest BCUT2D eigenvalue weighted by atomic mass is 10.1. The van der Waals surface area contributed by atoms with E-state index in [0.717, 1.165) is 26.2 Å². The van der Waals surface area contributed by atoms with Gasteiger partial charge in [-0.2, -0.15) is 0 Å². The summed E-state index contributed by atoms with van der Waals surface area (Å²) >= 11 is 0. The van der Waals surface area contributed by atoms with E-state index in [1.54, 1.807) is 53.4 Å². The normalized spacial score (nSPS) is 18.5. The standard InChI is InChI=1S/C26H31N5O5/c1-35-23(32)11-12-29-13-15-30(16-14-29)17-22-18-31(26(34)36-22)21-9-7-19(8-10-21)24(27)28-25(33)20-5-3-2-4-6-20/h2-10,22H,11-18H2,1H3,(H2,27,28,33). The molecule has 0 spiro atoms. The van der Waals surface area contributed by atoms with Crippen LogP contribution in [0.4, 0.5) is 10.5 Å². The monoisotopic (exact) mass is 493 g/mol. The largest absolute Gasteiger partial charge is 0.469 e. The fourth-order valence-corrected chi connectivity index (χ4v) is 4.32. The van der Waals surface area contributed by atoms with Crippen LogP contribution in [-0.4, -0.2) is 92.6 Å². The molecule has 36 heavy (non-hydrogen) atoms. The lowest BCUT2D eigenvalue weighted by molar-refractivity contribution is -0.141. The van der Waals surface area contributed by atoms with Gasteiger partial charge >= 0.3 is 12.1 Å². The Morgan fingerprint density at radius 1 is 1.00 bits per heavy atom. The number of ether oxygens (including phenoxy) is 2. The van der Waals surface area contributed by atoms with Crippen LogP contribution in [0.2, 0.25) is 0 Å². The summed E-state index contributed by atoms with van der Waals surface area (Å²) in [5.74, 6) is -0.555. The topological polar surface area (TPSA) is 115 Å². The van der Waals surface area contributed by atoms with Gasteiger partial charge in [0.1, 0.15) is 11.9 Å². The Morgan fingerprint density at radius 2 is 1.67 bits per heavy atom. The van der Waals surface area contributed by atoms with Gasteiger partial charge in [0.05, 0.1) is 20.1 Å². The summed E-state index contributed by atoms with van der Waals surface area (Å²) in [4.78, 5) is 42.2. The molecule has 10 nitrogen and oxygen atoms in total. The van der Waals surface area contributed by atoms with E-state index in [1.165, 1.54) is 7.11 Å². The van der Waals surface area contributed by atoms with Crippen molar-refractivity contribution in [3.8, 4) is 0 Å². The minimum atomic E-state index is -0.392. The van der Waals surface area contributed by atoms with Crippen molar-refractivity contribution in [3.63, 3.8) is 0 Å². The molecule has 1 atom stereocenters. The molecule has 2 aromatic rings. The van der Waals surface area contributed by atoms with Crippen molar-refractivity contribution < 1.29 is 23.9 Å². The van der Waals surface area contributed by atoms with Gasteiger partial charge in [-0.25, -0.2) is 4.79 Å². The second-order valence-electron chi connectivity index (χ2n) is 8.83. The number of nitrogens with zero attached hydrogens (tertiary/aromatic N) is 3. The molecule has 2 aliphatic rings. The number of methoxy groups -OCH3 is 1. The smallest absolute Gasteiger partial charge is 0.414 e. The fraction of sp³-hybridized carbons (Fsp3) is 0.385. The zero-order chi connectivity index (χ0) is 25.5. The summed E-state index contributed by atoms with van der Waals surface area (Å²) in [6.07, 6.45) is -0.234. The molecule has 1 unspecified atom stereocenters. The number of carbonyl (C=O) groups excluding carboxylic acids is 3. The number of rotatable bonds is 8. The number of amidine groups is 1. The van der Waals surface area contributed by atoms with Crippen LogP contribution < -0.4 is 10.2 Å². The maximum Gasteiger partial charge on any atom is 0.414 e. The Balaban J connectivity index is 1.25. The van der Waals surface area contributed by atoms with Crippen molar-refractivity contribution in [2.45, 2.75) is 12.5 Å². The molecule has 2 saturated heterocycles. The summed E-state index contributed by atoms with van der Waals surface area (Å²) in [7, 11) is 1.40.